The second kappa shape index (κ2) is 7.78. The van der Waals surface area contributed by atoms with E-state index >= 15 is 0 Å². The standard InChI is InChI=1S/C16H22ClNO3/c17-14-7-3-2-6-13(14)10-21-11-15(19)18-12-16(20)8-4-1-5-9-16/h2-3,6-7,20H,1,4-5,8-12H2,(H,18,19). The number of ether oxygens (including phenoxy) is 1. The molecule has 0 unspecified atom stereocenters. The quantitative estimate of drug-likeness (QED) is 0.849. The van der Waals surface area contributed by atoms with Crippen molar-refractivity contribution in [1.29, 1.82) is 0 Å². The minimum Gasteiger partial charge on any atom is -0.388 e. The van der Waals surface area contributed by atoms with Crippen molar-refractivity contribution in [2.24, 2.45) is 0 Å². The average Bonchev–Trinajstić information content (AvgIpc) is 2.48. The van der Waals surface area contributed by atoms with Crippen molar-refractivity contribution < 1.29 is 14.6 Å². The molecule has 1 aromatic carbocycles. The molecule has 4 nitrogen and oxygen atoms in total. The summed E-state index contributed by atoms with van der Waals surface area (Å²) < 4.78 is 5.36. The van der Waals surface area contributed by atoms with Gasteiger partial charge in [0.1, 0.15) is 6.61 Å². The average molecular weight is 312 g/mol. The minimum atomic E-state index is -0.739. The van der Waals surface area contributed by atoms with Gasteiger partial charge in [-0.05, 0) is 24.5 Å². The van der Waals surface area contributed by atoms with Gasteiger partial charge in [-0.1, -0.05) is 49.1 Å². The summed E-state index contributed by atoms with van der Waals surface area (Å²) in [4.78, 5) is 11.7. The van der Waals surface area contributed by atoms with E-state index in [2.05, 4.69) is 5.32 Å². The topological polar surface area (TPSA) is 58.6 Å². The molecule has 1 fully saturated rings. The highest BCUT2D eigenvalue weighted by Crippen LogP contribution is 2.27. The largest absolute Gasteiger partial charge is 0.388 e. The fourth-order valence-electron chi connectivity index (χ4n) is 2.57. The Balaban J connectivity index is 1.67. The summed E-state index contributed by atoms with van der Waals surface area (Å²) >= 11 is 6.01. The third-order valence-corrected chi connectivity index (χ3v) is 4.22. The first kappa shape index (κ1) is 16.3. The van der Waals surface area contributed by atoms with E-state index in [9.17, 15) is 9.90 Å². The number of hydrogen-bond donors (Lipinski definition) is 2. The van der Waals surface area contributed by atoms with Gasteiger partial charge in [-0.15, -0.1) is 0 Å². The summed E-state index contributed by atoms with van der Waals surface area (Å²) in [6.45, 7) is 0.583. The monoisotopic (exact) mass is 311 g/mol. The Morgan fingerprint density at radius 1 is 1.29 bits per heavy atom. The number of hydrogen-bond acceptors (Lipinski definition) is 3. The predicted octanol–water partition coefficient (Wildman–Crippen LogP) is 2.67. The summed E-state index contributed by atoms with van der Waals surface area (Å²) in [5.74, 6) is -0.207. The second-order valence-corrected chi connectivity index (χ2v) is 6.05. The van der Waals surface area contributed by atoms with E-state index in [1.807, 2.05) is 18.2 Å². The fraction of sp³-hybridized carbons (Fsp3) is 0.562. The molecule has 0 bridgehead atoms. The lowest BCUT2D eigenvalue weighted by Gasteiger charge is -2.32. The van der Waals surface area contributed by atoms with Crippen molar-refractivity contribution in [2.75, 3.05) is 13.2 Å². The molecule has 0 spiro atoms. The molecule has 1 aliphatic carbocycles. The zero-order valence-electron chi connectivity index (χ0n) is 12.1. The van der Waals surface area contributed by atoms with Crippen LogP contribution in [0.4, 0.5) is 0 Å². The van der Waals surface area contributed by atoms with Crippen LogP contribution in [0.15, 0.2) is 24.3 Å². The van der Waals surface area contributed by atoms with Crippen molar-refractivity contribution in [1.82, 2.24) is 5.32 Å². The van der Waals surface area contributed by atoms with Crippen molar-refractivity contribution in [3.63, 3.8) is 0 Å². The van der Waals surface area contributed by atoms with E-state index in [1.54, 1.807) is 6.07 Å². The zero-order valence-corrected chi connectivity index (χ0v) is 12.9. The van der Waals surface area contributed by atoms with E-state index in [0.717, 1.165) is 37.7 Å². The molecule has 1 saturated carbocycles. The smallest absolute Gasteiger partial charge is 0.246 e. The Hall–Kier alpha value is -1.10. The van der Waals surface area contributed by atoms with Gasteiger partial charge in [0.25, 0.3) is 0 Å². The minimum absolute atomic E-state index is 0.0265. The van der Waals surface area contributed by atoms with Crippen LogP contribution in [-0.2, 0) is 16.1 Å². The van der Waals surface area contributed by atoms with E-state index in [4.69, 9.17) is 16.3 Å². The molecule has 0 aromatic heterocycles. The number of carbonyl (C=O) groups excluding carboxylic acids is 1. The summed E-state index contributed by atoms with van der Waals surface area (Å²) in [6.07, 6.45) is 4.73. The first-order chi connectivity index (χ1) is 10.1. The van der Waals surface area contributed by atoms with Gasteiger partial charge in [0.2, 0.25) is 5.91 Å². The van der Waals surface area contributed by atoms with Crippen molar-refractivity contribution in [3.05, 3.63) is 34.9 Å². The highest BCUT2D eigenvalue weighted by Gasteiger charge is 2.29. The van der Waals surface area contributed by atoms with Crippen LogP contribution < -0.4 is 5.32 Å². The molecule has 2 rings (SSSR count). The van der Waals surface area contributed by atoms with Gasteiger partial charge in [-0.25, -0.2) is 0 Å². The summed E-state index contributed by atoms with van der Waals surface area (Å²) in [5.41, 5.74) is 0.120. The maximum Gasteiger partial charge on any atom is 0.246 e. The Bertz CT molecular complexity index is 472. The van der Waals surface area contributed by atoms with Crippen LogP contribution in [0.25, 0.3) is 0 Å². The predicted molar refractivity (Wildman–Crippen MR) is 82.2 cm³/mol. The van der Waals surface area contributed by atoms with Crippen LogP contribution in [0.2, 0.25) is 5.02 Å². The molecule has 116 valence electrons. The van der Waals surface area contributed by atoms with Gasteiger partial charge in [-0.3, -0.25) is 4.79 Å². The molecule has 0 heterocycles. The lowest BCUT2D eigenvalue weighted by Crippen LogP contribution is -2.45. The van der Waals surface area contributed by atoms with E-state index in [-0.39, 0.29) is 12.5 Å². The highest BCUT2D eigenvalue weighted by molar-refractivity contribution is 6.31. The number of carbonyl (C=O) groups is 1. The first-order valence-corrected chi connectivity index (χ1v) is 7.77. The Morgan fingerprint density at radius 3 is 2.71 bits per heavy atom. The zero-order chi connectivity index (χ0) is 15.1. The molecular formula is C16H22ClNO3. The third-order valence-electron chi connectivity index (χ3n) is 3.85. The van der Waals surface area contributed by atoms with Gasteiger partial charge in [0.15, 0.2) is 0 Å². The van der Waals surface area contributed by atoms with Crippen LogP contribution in [0.3, 0.4) is 0 Å². The molecule has 0 radical (unpaired) electrons. The summed E-state index contributed by atoms with van der Waals surface area (Å²) in [5, 5.41) is 13.7. The van der Waals surface area contributed by atoms with E-state index in [0.29, 0.717) is 18.2 Å². The van der Waals surface area contributed by atoms with E-state index < -0.39 is 5.60 Å². The van der Waals surface area contributed by atoms with Crippen molar-refractivity contribution in [3.8, 4) is 0 Å². The SMILES string of the molecule is O=C(COCc1ccccc1Cl)NCC1(O)CCCCC1. The molecule has 21 heavy (non-hydrogen) atoms. The number of amides is 1. The number of nitrogens with one attached hydrogen (secondary N) is 1. The maximum atomic E-state index is 11.7. The van der Waals surface area contributed by atoms with Gasteiger partial charge in [0.05, 0.1) is 12.2 Å². The van der Waals surface area contributed by atoms with Gasteiger partial charge in [0, 0.05) is 11.6 Å². The molecule has 1 aromatic rings. The normalized spacial score (nSPS) is 17.4. The maximum absolute atomic E-state index is 11.7. The summed E-state index contributed by atoms with van der Waals surface area (Å²) in [7, 11) is 0. The molecule has 0 saturated heterocycles. The van der Waals surface area contributed by atoms with Gasteiger partial charge < -0.3 is 15.2 Å². The second-order valence-electron chi connectivity index (χ2n) is 5.65. The molecule has 0 aliphatic heterocycles. The number of rotatable bonds is 6. The molecule has 0 atom stereocenters. The lowest BCUT2D eigenvalue weighted by molar-refractivity contribution is -0.127. The molecule has 2 N–H and O–H groups in total. The van der Waals surface area contributed by atoms with Crippen molar-refractivity contribution in [2.45, 2.75) is 44.3 Å². The Labute approximate surface area is 130 Å². The lowest BCUT2D eigenvalue weighted by atomic mass is 9.85. The van der Waals surface area contributed by atoms with Crippen LogP contribution in [0.1, 0.15) is 37.7 Å². The van der Waals surface area contributed by atoms with Gasteiger partial charge in [-0.2, -0.15) is 0 Å². The highest BCUT2D eigenvalue weighted by atomic mass is 35.5. The Kier molecular flexibility index (Phi) is 6.03. The molecular weight excluding hydrogens is 290 g/mol. The molecule has 5 heteroatoms. The Morgan fingerprint density at radius 2 is 2.00 bits per heavy atom. The fourth-order valence-corrected chi connectivity index (χ4v) is 2.76. The van der Waals surface area contributed by atoms with Gasteiger partial charge >= 0.3 is 0 Å². The number of halogens is 1. The van der Waals surface area contributed by atoms with Crippen molar-refractivity contribution >= 4 is 17.5 Å². The van der Waals surface area contributed by atoms with Crippen LogP contribution in [-0.4, -0.2) is 29.8 Å². The van der Waals surface area contributed by atoms with E-state index in [1.165, 1.54) is 0 Å². The molecule has 1 aliphatic rings. The van der Waals surface area contributed by atoms with Crippen LogP contribution >= 0.6 is 11.6 Å². The van der Waals surface area contributed by atoms with Crippen LogP contribution in [0.5, 0.6) is 0 Å². The van der Waals surface area contributed by atoms with Crippen LogP contribution in [0, 0.1) is 0 Å². The summed E-state index contributed by atoms with van der Waals surface area (Å²) in [6, 6.07) is 7.39. The third kappa shape index (κ3) is 5.30. The first-order valence-electron chi connectivity index (χ1n) is 7.39. The number of aliphatic hydroxyl groups is 1. The number of benzene rings is 1. The molecule has 1 amide bonds.